The minimum absolute atomic E-state index is 0.587. The van der Waals surface area contributed by atoms with Crippen molar-refractivity contribution in [2.24, 2.45) is 0 Å². The van der Waals surface area contributed by atoms with Crippen LogP contribution in [0.25, 0.3) is 0 Å². The summed E-state index contributed by atoms with van der Waals surface area (Å²) in [6, 6.07) is 0. The molecule has 1 aliphatic rings. The zero-order valence-corrected chi connectivity index (χ0v) is 7.32. The average Bonchev–Trinajstić information content (AvgIpc) is 2.05. The van der Waals surface area contributed by atoms with Gasteiger partial charge in [0, 0.05) is 7.11 Å². The van der Waals surface area contributed by atoms with E-state index < -0.39 is 6.16 Å². The molecule has 1 fully saturated rings. The summed E-state index contributed by atoms with van der Waals surface area (Å²) in [5.41, 5.74) is 0. The van der Waals surface area contributed by atoms with Gasteiger partial charge in [0.05, 0.1) is 6.10 Å². The Bertz CT molecular complexity index is 114. The highest BCUT2D eigenvalue weighted by atomic mass is 16.6. The molecule has 0 aromatic rings. The smallest absolute Gasteiger partial charge is 0.450 e. The molecule has 0 saturated heterocycles. The summed E-state index contributed by atoms with van der Waals surface area (Å²) in [5.74, 6) is 0. The summed E-state index contributed by atoms with van der Waals surface area (Å²) in [5, 5.41) is 13.9. The van der Waals surface area contributed by atoms with Gasteiger partial charge in [0.1, 0.15) is 0 Å². The first-order valence-electron chi connectivity index (χ1n) is 4.11. The maximum Gasteiger partial charge on any atom is 0.503 e. The number of hydrogen-bond acceptors (Lipinski definition) is 2. The van der Waals surface area contributed by atoms with Gasteiger partial charge < -0.3 is 14.9 Å². The second-order valence-corrected chi connectivity index (χ2v) is 2.78. The highest BCUT2D eigenvalue weighted by Crippen LogP contribution is 2.18. The maximum absolute atomic E-state index is 8.56. The van der Waals surface area contributed by atoms with Gasteiger partial charge in [-0.15, -0.1) is 0 Å². The van der Waals surface area contributed by atoms with Gasteiger partial charge in [0.25, 0.3) is 0 Å². The van der Waals surface area contributed by atoms with Crippen molar-refractivity contribution < 1.29 is 19.7 Å². The SMILES string of the molecule is COC1CCCCC1.O=C(O)O. The minimum Gasteiger partial charge on any atom is -0.450 e. The lowest BCUT2D eigenvalue weighted by molar-refractivity contribution is 0.0710. The average molecular weight is 176 g/mol. The number of ether oxygens (including phenoxy) is 1. The molecule has 2 N–H and O–H groups in total. The van der Waals surface area contributed by atoms with Crippen LogP contribution in [-0.4, -0.2) is 29.6 Å². The zero-order valence-electron chi connectivity index (χ0n) is 7.32. The molecule has 0 spiro atoms. The quantitative estimate of drug-likeness (QED) is 0.642. The van der Waals surface area contributed by atoms with Crippen LogP contribution in [0.2, 0.25) is 0 Å². The fourth-order valence-corrected chi connectivity index (χ4v) is 1.30. The van der Waals surface area contributed by atoms with E-state index in [0.29, 0.717) is 6.10 Å². The van der Waals surface area contributed by atoms with Gasteiger partial charge in [-0.25, -0.2) is 4.79 Å². The summed E-state index contributed by atoms with van der Waals surface area (Å²) >= 11 is 0. The van der Waals surface area contributed by atoms with E-state index in [1.807, 2.05) is 7.11 Å². The number of methoxy groups -OCH3 is 1. The minimum atomic E-state index is -1.83. The molecule has 0 aromatic heterocycles. The van der Waals surface area contributed by atoms with Crippen molar-refractivity contribution in [3.05, 3.63) is 0 Å². The van der Waals surface area contributed by atoms with Crippen LogP contribution >= 0.6 is 0 Å². The third-order valence-corrected chi connectivity index (χ3v) is 1.89. The van der Waals surface area contributed by atoms with E-state index in [1.165, 1.54) is 32.1 Å². The Morgan fingerprint density at radius 3 is 1.92 bits per heavy atom. The Balaban J connectivity index is 0.000000261. The van der Waals surface area contributed by atoms with Gasteiger partial charge in [-0.1, -0.05) is 19.3 Å². The molecule has 0 atom stereocenters. The molecule has 4 heteroatoms. The van der Waals surface area contributed by atoms with Gasteiger partial charge in [0.15, 0.2) is 0 Å². The van der Waals surface area contributed by atoms with Crippen LogP contribution in [0.15, 0.2) is 0 Å². The molecular formula is C8H16O4. The van der Waals surface area contributed by atoms with Gasteiger partial charge >= 0.3 is 6.16 Å². The summed E-state index contributed by atoms with van der Waals surface area (Å²) in [7, 11) is 1.82. The lowest BCUT2D eigenvalue weighted by atomic mass is 9.98. The van der Waals surface area contributed by atoms with Gasteiger partial charge in [-0.3, -0.25) is 0 Å². The van der Waals surface area contributed by atoms with Crippen LogP contribution in [0.3, 0.4) is 0 Å². The second kappa shape index (κ2) is 6.91. The van der Waals surface area contributed by atoms with E-state index in [0.717, 1.165) is 0 Å². The molecule has 0 aromatic carbocycles. The van der Waals surface area contributed by atoms with E-state index in [9.17, 15) is 0 Å². The first kappa shape index (κ1) is 11.2. The summed E-state index contributed by atoms with van der Waals surface area (Å²) in [6.07, 6.45) is 5.49. The van der Waals surface area contributed by atoms with Gasteiger partial charge in [0.2, 0.25) is 0 Å². The highest BCUT2D eigenvalue weighted by Gasteiger charge is 2.10. The Morgan fingerprint density at radius 2 is 1.67 bits per heavy atom. The molecule has 0 bridgehead atoms. The van der Waals surface area contributed by atoms with Crippen LogP contribution in [0.4, 0.5) is 4.79 Å². The Morgan fingerprint density at radius 1 is 1.25 bits per heavy atom. The van der Waals surface area contributed by atoms with E-state index in [2.05, 4.69) is 0 Å². The second-order valence-electron chi connectivity index (χ2n) is 2.78. The topological polar surface area (TPSA) is 66.8 Å². The summed E-state index contributed by atoms with van der Waals surface area (Å²) in [6.45, 7) is 0. The molecular weight excluding hydrogens is 160 g/mol. The molecule has 0 radical (unpaired) electrons. The maximum atomic E-state index is 8.56. The Labute approximate surface area is 72.2 Å². The predicted octanol–water partition coefficient (Wildman–Crippen LogP) is 2.19. The number of carbonyl (C=O) groups is 1. The van der Waals surface area contributed by atoms with Crippen LogP contribution in [0.5, 0.6) is 0 Å². The standard InChI is InChI=1S/C7H14O.CH2O3/c1-8-7-5-3-2-4-6-7;2-1(3)4/h7H,2-6H2,1H3;(H2,2,3,4). The Hall–Kier alpha value is -0.770. The predicted molar refractivity (Wildman–Crippen MR) is 44.5 cm³/mol. The molecule has 0 heterocycles. The number of carboxylic acid groups (broad SMARTS) is 2. The van der Waals surface area contributed by atoms with Gasteiger partial charge in [-0.05, 0) is 12.8 Å². The van der Waals surface area contributed by atoms with Crippen molar-refractivity contribution in [2.75, 3.05) is 7.11 Å². The zero-order chi connectivity index (χ0) is 9.40. The molecule has 1 saturated carbocycles. The van der Waals surface area contributed by atoms with E-state index in [-0.39, 0.29) is 0 Å². The third-order valence-electron chi connectivity index (χ3n) is 1.89. The number of rotatable bonds is 1. The lowest BCUT2D eigenvalue weighted by Crippen LogP contribution is -2.13. The normalized spacial score (nSPS) is 17.8. The molecule has 0 amide bonds. The molecule has 1 rings (SSSR count). The van der Waals surface area contributed by atoms with Crippen LogP contribution in [0.1, 0.15) is 32.1 Å². The van der Waals surface area contributed by atoms with E-state index in [4.69, 9.17) is 19.7 Å². The largest absolute Gasteiger partial charge is 0.503 e. The molecule has 0 unspecified atom stereocenters. The van der Waals surface area contributed by atoms with Crippen LogP contribution in [-0.2, 0) is 4.74 Å². The molecule has 0 aliphatic heterocycles. The van der Waals surface area contributed by atoms with Crippen LogP contribution in [0, 0.1) is 0 Å². The molecule has 1 aliphatic carbocycles. The van der Waals surface area contributed by atoms with Crippen molar-refractivity contribution in [1.29, 1.82) is 0 Å². The van der Waals surface area contributed by atoms with Crippen molar-refractivity contribution in [1.82, 2.24) is 0 Å². The van der Waals surface area contributed by atoms with Crippen molar-refractivity contribution in [3.8, 4) is 0 Å². The van der Waals surface area contributed by atoms with Crippen molar-refractivity contribution in [2.45, 2.75) is 38.2 Å². The first-order chi connectivity index (χ1) is 5.66. The van der Waals surface area contributed by atoms with E-state index >= 15 is 0 Å². The fraction of sp³-hybridized carbons (Fsp3) is 0.875. The first-order valence-corrected chi connectivity index (χ1v) is 4.11. The van der Waals surface area contributed by atoms with E-state index in [1.54, 1.807) is 0 Å². The third kappa shape index (κ3) is 7.34. The molecule has 4 nitrogen and oxygen atoms in total. The fourth-order valence-electron chi connectivity index (χ4n) is 1.30. The van der Waals surface area contributed by atoms with Crippen LogP contribution < -0.4 is 0 Å². The van der Waals surface area contributed by atoms with Crippen molar-refractivity contribution in [3.63, 3.8) is 0 Å². The summed E-state index contributed by atoms with van der Waals surface area (Å²) in [4.78, 5) is 8.56. The van der Waals surface area contributed by atoms with Gasteiger partial charge in [-0.2, -0.15) is 0 Å². The van der Waals surface area contributed by atoms with Crippen molar-refractivity contribution >= 4 is 6.16 Å². The molecule has 12 heavy (non-hydrogen) atoms. The number of hydrogen-bond donors (Lipinski definition) is 2. The monoisotopic (exact) mass is 176 g/mol. The lowest BCUT2D eigenvalue weighted by Gasteiger charge is -2.19. The molecule has 72 valence electrons. The Kier molecular flexibility index (Phi) is 6.47. The highest BCUT2D eigenvalue weighted by molar-refractivity contribution is 5.53. The summed E-state index contributed by atoms with van der Waals surface area (Å²) < 4.78 is 5.19.